The second-order valence-corrected chi connectivity index (χ2v) is 5.84. The lowest BCUT2D eigenvalue weighted by Crippen LogP contribution is -2.50. The monoisotopic (exact) mass is 336 g/mol. The lowest BCUT2D eigenvalue weighted by molar-refractivity contribution is -0.133. The summed E-state index contributed by atoms with van der Waals surface area (Å²) in [5.41, 5.74) is 0.611. The van der Waals surface area contributed by atoms with Gasteiger partial charge in [-0.2, -0.15) is 0 Å². The number of benzene rings is 1. The summed E-state index contributed by atoms with van der Waals surface area (Å²) >= 11 is 0. The van der Waals surface area contributed by atoms with Gasteiger partial charge in [-0.3, -0.25) is 9.69 Å². The standard InChI is InChI=1S/C17H24N2O5/c1-11(2)19-7-8-24-15(10-19)16(20)18-14-6-5-12(22-3)9-13(14)17(21)23-4/h5-6,9,11,15H,7-8,10H2,1-4H3,(H,18,20)/t15-/m1/s1. The van der Waals surface area contributed by atoms with E-state index in [1.54, 1.807) is 12.1 Å². The molecule has 7 heteroatoms. The van der Waals surface area contributed by atoms with Crippen LogP contribution in [-0.4, -0.2) is 62.8 Å². The molecule has 0 radical (unpaired) electrons. The summed E-state index contributed by atoms with van der Waals surface area (Å²) < 4.78 is 15.5. The van der Waals surface area contributed by atoms with Gasteiger partial charge in [0, 0.05) is 19.1 Å². The van der Waals surface area contributed by atoms with E-state index < -0.39 is 12.1 Å². The lowest BCUT2D eigenvalue weighted by atomic mass is 10.1. The topological polar surface area (TPSA) is 77.1 Å². The molecule has 1 amide bonds. The summed E-state index contributed by atoms with van der Waals surface area (Å²) in [4.78, 5) is 26.6. The van der Waals surface area contributed by atoms with Crippen molar-refractivity contribution < 1.29 is 23.8 Å². The van der Waals surface area contributed by atoms with E-state index in [9.17, 15) is 9.59 Å². The van der Waals surface area contributed by atoms with Gasteiger partial charge in [0.2, 0.25) is 0 Å². The van der Waals surface area contributed by atoms with Crippen LogP contribution in [0.15, 0.2) is 18.2 Å². The fourth-order valence-electron chi connectivity index (χ4n) is 2.55. The summed E-state index contributed by atoms with van der Waals surface area (Å²) in [5.74, 6) is -0.318. The van der Waals surface area contributed by atoms with Crippen molar-refractivity contribution >= 4 is 17.6 Å². The number of rotatable bonds is 5. The van der Waals surface area contributed by atoms with Gasteiger partial charge in [-0.15, -0.1) is 0 Å². The molecular weight excluding hydrogens is 312 g/mol. The Kier molecular flexibility index (Phi) is 6.16. The van der Waals surface area contributed by atoms with Crippen LogP contribution >= 0.6 is 0 Å². The van der Waals surface area contributed by atoms with Crippen LogP contribution in [0.1, 0.15) is 24.2 Å². The predicted molar refractivity (Wildman–Crippen MR) is 89.4 cm³/mol. The van der Waals surface area contributed by atoms with Crippen molar-refractivity contribution in [3.05, 3.63) is 23.8 Å². The Morgan fingerprint density at radius 2 is 2.08 bits per heavy atom. The minimum Gasteiger partial charge on any atom is -0.497 e. The van der Waals surface area contributed by atoms with E-state index in [4.69, 9.17) is 14.2 Å². The van der Waals surface area contributed by atoms with E-state index in [0.717, 1.165) is 6.54 Å². The molecule has 1 aliphatic heterocycles. The number of amides is 1. The molecule has 1 fully saturated rings. The van der Waals surface area contributed by atoms with Crippen LogP contribution in [0.5, 0.6) is 5.75 Å². The average Bonchev–Trinajstić information content (AvgIpc) is 2.61. The van der Waals surface area contributed by atoms with Gasteiger partial charge in [0.25, 0.3) is 5.91 Å². The van der Waals surface area contributed by atoms with Crippen LogP contribution in [0.3, 0.4) is 0 Å². The molecule has 0 spiro atoms. The van der Waals surface area contributed by atoms with E-state index in [2.05, 4.69) is 24.1 Å². The number of esters is 1. The minimum atomic E-state index is -0.575. The number of ether oxygens (including phenoxy) is 3. The predicted octanol–water partition coefficient (Wildman–Crippen LogP) is 1.53. The highest BCUT2D eigenvalue weighted by molar-refractivity contribution is 6.02. The van der Waals surface area contributed by atoms with Gasteiger partial charge in [0.1, 0.15) is 11.9 Å². The number of carbonyl (C=O) groups is 2. The molecule has 132 valence electrons. The Hall–Kier alpha value is -2.12. The first-order chi connectivity index (χ1) is 11.5. The van der Waals surface area contributed by atoms with E-state index in [1.807, 2.05) is 0 Å². The Labute approximate surface area is 141 Å². The summed E-state index contributed by atoms with van der Waals surface area (Å²) in [6.07, 6.45) is -0.575. The van der Waals surface area contributed by atoms with Crippen LogP contribution in [0.4, 0.5) is 5.69 Å². The van der Waals surface area contributed by atoms with Crippen LogP contribution in [0, 0.1) is 0 Å². The molecular formula is C17H24N2O5. The van der Waals surface area contributed by atoms with Crippen LogP contribution < -0.4 is 10.1 Å². The maximum Gasteiger partial charge on any atom is 0.340 e. The molecule has 1 saturated heterocycles. The first kappa shape index (κ1) is 18.2. The molecule has 24 heavy (non-hydrogen) atoms. The maximum absolute atomic E-state index is 12.5. The highest BCUT2D eigenvalue weighted by Crippen LogP contribution is 2.23. The molecule has 1 aromatic rings. The van der Waals surface area contributed by atoms with Crippen LogP contribution in [0.25, 0.3) is 0 Å². The zero-order valence-corrected chi connectivity index (χ0v) is 14.5. The first-order valence-corrected chi connectivity index (χ1v) is 7.89. The lowest BCUT2D eigenvalue weighted by Gasteiger charge is -2.34. The number of methoxy groups -OCH3 is 2. The third-order valence-electron chi connectivity index (χ3n) is 4.01. The summed E-state index contributed by atoms with van der Waals surface area (Å²) in [5, 5.41) is 2.76. The SMILES string of the molecule is COC(=O)c1cc(OC)ccc1NC(=O)[C@H]1CN(C(C)C)CCO1. The molecule has 1 aromatic carbocycles. The molecule has 1 N–H and O–H groups in total. The zero-order chi connectivity index (χ0) is 17.7. The van der Waals surface area contributed by atoms with E-state index >= 15 is 0 Å². The molecule has 1 atom stereocenters. The van der Waals surface area contributed by atoms with E-state index in [-0.39, 0.29) is 11.5 Å². The van der Waals surface area contributed by atoms with Gasteiger partial charge in [-0.05, 0) is 32.0 Å². The Morgan fingerprint density at radius 1 is 1.33 bits per heavy atom. The molecule has 0 aromatic heterocycles. The fourth-order valence-corrected chi connectivity index (χ4v) is 2.55. The van der Waals surface area contributed by atoms with Gasteiger partial charge < -0.3 is 19.5 Å². The third-order valence-corrected chi connectivity index (χ3v) is 4.01. The molecule has 2 rings (SSSR count). The van der Waals surface area contributed by atoms with Gasteiger partial charge in [0.15, 0.2) is 0 Å². The quantitative estimate of drug-likeness (QED) is 0.822. The highest BCUT2D eigenvalue weighted by atomic mass is 16.5. The molecule has 1 heterocycles. The Balaban J connectivity index is 2.15. The van der Waals surface area contributed by atoms with Crippen molar-refractivity contribution in [2.24, 2.45) is 0 Å². The number of nitrogens with one attached hydrogen (secondary N) is 1. The van der Waals surface area contributed by atoms with Crippen molar-refractivity contribution in [2.45, 2.75) is 26.0 Å². The summed E-state index contributed by atoms with van der Waals surface area (Å²) in [6.45, 7) is 5.99. The third kappa shape index (κ3) is 4.24. The molecule has 0 unspecified atom stereocenters. The number of nitrogens with zero attached hydrogens (tertiary/aromatic N) is 1. The van der Waals surface area contributed by atoms with Crippen LogP contribution in [-0.2, 0) is 14.3 Å². The van der Waals surface area contributed by atoms with Crippen molar-refractivity contribution in [1.29, 1.82) is 0 Å². The number of carbonyl (C=O) groups excluding carboxylic acids is 2. The van der Waals surface area contributed by atoms with Gasteiger partial charge >= 0.3 is 5.97 Å². The largest absolute Gasteiger partial charge is 0.497 e. The van der Waals surface area contributed by atoms with Crippen molar-refractivity contribution in [3.63, 3.8) is 0 Å². The normalized spacial score (nSPS) is 18.3. The molecule has 1 aliphatic rings. The number of anilines is 1. The molecule has 7 nitrogen and oxygen atoms in total. The average molecular weight is 336 g/mol. The molecule has 0 saturated carbocycles. The van der Waals surface area contributed by atoms with Crippen LogP contribution in [0.2, 0.25) is 0 Å². The number of hydrogen-bond donors (Lipinski definition) is 1. The van der Waals surface area contributed by atoms with Gasteiger partial charge in [-0.1, -0.05) is 0 Å². The number of hydrogen-bond acceptors (Lipinski definition) is 6. The van der Waals surface area contributed by atoms with Gasteiger partial charge in [0.05, 0.1) is 32.1 Å². The Morgan fingerprint density at radius 3 is 2.71 bits per heavy atom. The van der Waals surface area contributed by atoms with Crippen molar-refractivity contribution in [1.82, 2.24) is 4.90 Å². The zero-order valence-electron chi connectivity index (χ0n) is 14.5. The number of morpholine rings is 1. The summed E-state index contributed by atoms with van der Waals surface area (Å²) in [6, 6.07) is 5.16. The van der Waals surface area contributed by atoms with E-state index in [0.29, 0.717) is 30.6 Å². The van der Waals surface area contributed by atoms with Crippen molar-refractivity contribution in [2.75, 3.05) is 39.2 Å². The van der Waals surface area contributed by atoms with Gasteiger partial charge in [-0.25, -0.2) is 4.79 Å². The minimum absolute atomic E-state index is 0.238. The second kappa shape index (κ2) is 8.12. The Bertz CT molecular complexity index is 603. The molecule has 0 aliphatic carbocycles. The van der Waals surface area contributed by atoms with Crippen molar-refractivity contribution in [3.8, 4) is 5.75 Å². The maximum atomic E-state index is 12.5. The van der Waals surface area contributed by atoms with E-state index in [1.165, 1.54) is 20.3 Å². The smallest absolute Gasteiger partial charge is 0.340 e. The molecule has 0 bridgehead atoms. The second-order valence-electron chi connectivity index (χ2n) is 5.84. The first-order valence-electron chi connectivity index (χ1n) is 7.89. The highest BCUT2D eigenvalue weighted by Gasteiger charge is 2.28. The summed E-state index contributed by atoms with van der Waals surface area (Å²) in [7, 11) is 2.79. The fraction of sp³-hybridized carbons (Fsp3) is 0.529.